The highest BCUT2D eigenvalue weighted by atomic mass is 32.1. The molecule has 186 valence electrons. The van der Waals surface area contributed by atoms with Crippen molar-refractivity contribution in [1.82, 2.24) is 24.0 Å². The molecule has 0 saturated carbocycles. The van der Waals surface area contributed by atoms with Crippen LogP contribution in [0.5, 0.6) is 0 Å². The van der Waals surface area contributed by atoms with E-state index in [9.17, 15) is 9.18 Å². The maximum Gasteiger partial charge on any atom is 0.225 e. The van der Waals surface area contributed by atoms with Crippen molar-refractivity contribution in [1.29, 1.82) is 0 Å². The molecule has 0 fully saturated rings. The van der Waals surface area contributed by atoms with E-state index in [1.165, 1.54) is 34.8 Å². The number of fused-ring (bicyclic) bond motifs is 2. The first-order valence-electron chi connectivity index (χ1n) is 11.5. The average Bonchev–Trinajstić information content (AvgIpc) is 3.66. The van der Waals surface area contributed by atoms with Crippen molar-refractivity contribution in [3.8, 4) is 33.6 Å². The lowest BCUT2D eigenvalue weighted by Crippen LogP contribution is -2.11. The number of carbonyl (C=O) groups excluding carboxylic acids is 1. The highest BCUT2D eigenvalue weighted by Gasteiger charge is 2.19. The van der Waals surface area contributed by atoms with Crippen LogP contribution in [0.4, 0.5) is 10.2 Å². The Morgan fingerprint density at radius 2 is 1.97 bits per heavy atom. The first-order valence-corrected chi connectivity index (χ1v) is 13.2. The average molecular weight is 533 g/mol. The normalized spacial score (nSPS) is 11.5. The van der Waals surface area contributed by atoms with E-state index < -0.39 is 0 Å². The minimum atomic E-state index is -0.343. The number of hydrogen-bond donors (Lipinski definition) is 1. The van der Waals surface area contributed by atoms with E-state index in [4.69, 9.17) is 14.7 Å². The standard InChI is InChI=1S/C26H21FN6O2S2/c1-3-21(34)29-24-23(30-25-32(24)9-10-36-25)16-6-4-5-15(11-16)19-12-17(27)7-8-18(19)20-13-33-26(28-20)37-22(31-33)14-35-2/h4-13H,3,14H2,1-2H3,(H,29,34). The molecule has 0 aliphatic heterocycles. The topological polar surface area (TPSA) is 85.8 Å². The van der Waals surface area contributed by atoms with Gasteiger partial charge in [-0.3, -0.25) is 9.20 Å². The van der Waals surface area contributed by atoms with Crippen LogP contribution in [0.15, 0.2) is 60.2 Å². The van der Waals surface area contributed by atoms with Gasteiger partial charge in [0, 0.05) is 36.2 Å². The monoisotopic (exact) mass is 532 g/mol. The van der Waals surface area contributed by atoms with Gasteiger partial charge in [-0.1, -0.05) is 36.5 Å². The molecule has 8 nitrogen and oxygen atoms in total. The van der Waals surface area contributed by atoms with Gasteiger partial charge in [-0.05, 0) is 35.4 Å². The molecule has 0 atom stereocenters. The molecule has 6 rings (SSSR count). The number of nitrogens with zero attached hydrogens (tertiary/aromatic N) is 5. The fourth-order valence-corrected chi connectivity index (χ4v) is 5.75. The highest BCUT2D eigenvalue weighted by Crippen LogP contribution is 2.37. The van der Waals surface area contributed by atoms with Crippen molar-refractivity contribution >= 4 is 44.3 Å². The number of ether oxygens (including phenoxy) is 1. The lowest BCUT2D eigenvalue weighted by Gasteiger charge is -2.11. The molecule has 37 heavy (non-hydrogen) atoms. The minimum absolute atomic E-state index is 0.0974. The summed E-state index contributed by atoms with van der Waals surface area (Å²) < 4.78 is 23.2. The van der Waals surface area contributed by atoms with E-state index in [0.29, 0.717) is 35.8 Å². The van der Waals surface area contributed by atoms with Crippen LogP contribution in [-0.2, 0) is 16.1 Å². The number of halogens is 1. The van der Waals surface area contributed by atoms with Gasteiger partial charge in [0.05, 0.1) is 18.5 Å². The van der Waals surface area contributed by atoms with E-state index >= 15 is 0 Å². The summed E-state index contributed by atoms with van der Waals surface area (Å²) in [6.07, 6.45) is 4.08. The Bertz CT molecular complexity index is 1730. The summed E-state index contributed by atoms with van der Waals surface area (Å²) in [4.78, 5) is 23.3. The van der Waals surface area contributed by atoms with Crippen LogP contribution in [0.25, 0.3) is 43.6 Å². The number of hydrogen-bond acceptors (Lipinski definition) is 7. The quantitative estimate of drug-likeness (QED) is 0.267. The predicted molar refractivity (Wildman–Crippen MR) is 143 cm³/mol. The van der Waals surface area contributed by atoms with Crippen molar-refractivity contribution in [2.75, 3.05) is 12.4 Å². The molecule has 0 spiro atoms. The predicted octanol–water partition coefficient (Wildman–Crippen LogP) is 6.14. The smallest absolute Gasteiger partial charge is 0.225 e. The second kappa shape index (κ2) is 9.51. The number of methoxy groups -OCH3 is 1. The van der Waals surface area contributed by atoms with Crippen LogP contribution in [-0.4, -0.2) is 37.0 Å². The number of imidazole rings is 2. The van der Waals surface area contributed by atoms with Crippen LogP contribution >= 0.6 is 22.7 Å². The summed E-state index contributed by atoms with van der Waals surface area (Å²) >= 11 is 2.94. The van der Waals surface area contributed by atoms with Gasteiger partial charge in [0.25, 0.3) is 0 Å². The minimum Gasteiger partial charge on any atom is -0.377 e. The van der Waals surface area contributed by atoms with Crippen LogP contribution < -0.4 is 5.32 Å². The number of thiazole rings is 1. The molecule has 1 N–H and O–H groups in total. The maximum atomic E-state index is 14.5. The van der Waals surface area contributed by atoms with Crippen molar-refractivity contribution in [2.45, 2.75) is 20.0 Å². The zero-order chi connectivity index (χ0) is 25.5. The van der Waals surface area contributed by atoms with Gasteiger partial charge in [-0.25, -0.2) is 18.9 Å². The number of anilines is 1. The first kappa shape index (κ1) is 23.5. The Balaban J connectivity index is 1.45. The lowest BCUT2D eigenvalue weighted by atomic mass is 9.96. The molecule has 0 bridgehead atoms. The number of rotatable bonds is 7. The summed E-state index contributed by atoms with van der Waals surface area (Å²) in [7, 11) is 1.63. The summed E-state index contributed by atoms with van der Waals surface area (Å²) in [5.41, 5.74) is 4.46. The van der Waals surface area contributed by atoms with Crippen LogP contribution in [0.1, 0.15) is 18.4 Å². The first-order chi connectivity index (χ1) is 18.0. The molecule has 11 heteroatoms. The zero-order valence-electron chi connectivity index (χ0n) is 19.9. The summed E-state index contributed by atoms with van der Waals surface area (Å²) in [6.45, 7) is 2.23. The van der Waals surface area contributed by atoms with Gasteiger partial charge >= 0.3 is 0 Å². The second-order valence-electron chi connectivity index (χ2n) is 8.32. The molecule has 2 aromatic carbocycles. The molecule has 4 aromatic heterocycles. The Hall–Kier alpha value is -3.93. The van der Waals surface area contributed by atoms with E-state index in [-0.39, 0.29) is 11.7 Å². The zero-order valence-corrected chi connectivity index (χ0v) is 21.6. The molecular formula is C26H21FN6O2S2. The number of benzene rings is 2. The fourth-order valence-electron chi connectivity index (χ4n) is 4.19. The molecule has 0 radical (unpaired) electrons. The molecule has 0 aliphatic carbocycles. The van der Waals surface area contributed by atoms with Crippen molar-refractivity contribution in [3.05, 3.63) is 71.1 Å². The number of aromatic nitrogens is 5. The molecule has 4 heterocycles. The van der Waals surface area contributed by atoms with E-state index in [0.717, 1.165) is 31.6 Å². The van der Waals surface area contributed by atoms with Gasteiger partial charge in [-0.15, -0.1) is 11.3 Å². The third kappa shape index (κ3) is 4.31. The summed E-state index contributed by atoms with van der Waals surface area (Å²) in [6, 6.07) is 12.4. The van der Waals surface area contributed by atoms with Crippen molar-refractivity contribution in [3.63, 3.8) is 0 Å². The summed E-state index contributed by atoms with van der Waals surface area (Å²) in [5, 5.41) is 10.2. The van der Waals surface area contributed by atoms with Gasteiger partial charge in [-0.2, -0.15) is 5.10 Å². The highest BCUT2D eigenvalue weighted by molar-refractivity contribution is 7.16. The summed E-state index contributed by atoms with van der Waals surface area (Å²) in [5.74, 6) is 0.177. The van der Waals surface area contributed by atoms with Crippen LogP contribution in [0.3, 0.4) is 0 Å². The molecule has 6 aromatic rings. The fraction of sp³-hybridized carbons (Fsp3) is 0.154. The number of carbonyl (C=O) groups is 1. The van der Waals surface area contributed by atoms with Gasteiger partial charge in [0.1, 0.15) is 22.3 Å². The van der Waals surface area contributed by atoms with Gasteiger partial charge < -0.3 is 10.1 Å². The van der Waals surface area contributed by atoms with E-state index in [1.54, 1.807) is 24.6 Å². The molecule has 0 unspecified atom stereocenters. The Morgan fingerprint density at radius 1 is 1.11 bits per heavy atom. The Kier molecular flexibility index (Phi) is 6.03. The maximum absolute atomic E-state index is 14.5. The molecule has 0 saturated heterocycles. The Labute approximate surface area is 219 Å². The Morgan fingerprint density at radius 3 is 2.78 bits per heavy atom. The van der Waals surface area contributed by atoms with E-state index in [1.807, 2.05) is 46.4 Å². The lowest BCUT2D eigenvalue weighted by molar-refractivity contribution is -0.115. The molecule has 0 aliphatic rings. The van der Waals surface area contributed by atoms with Crippen molar-refractivity contribution in [2.24, 2.45) is 0 Å². The number of nitrogens with one attached hydrogen (secondary N) is 1. The van der Waals surface area contributed by atoms with E-state index in [2.05, 4.69) is 10.4 Å². The molecule has 1 amide bonds. The third-order valence-electron chi connectivity index (χ3n) is 5.90. The SMILES string of the molecule is CCC(=O)Nc1c(-c2cccc(-c3cc(F)ccc3-c3cn4nc(COC)sc4n3)c2)nc2sccn12. The van der Waals surface area contributed by atoms with Crippen LogP contribution in [0.2, 0.25) is 0 Å². The second-order valence-corrected chi connectivity index (χ2v) is 10.2. The van der Waals surface area contributed by atoms with Crippen LogP contribution in [0, 0.1) is 5.82 Å². The number of amides is 1. The van der Waals surface area contributed by atoms with Gasteiger partial charge in [0.2, 0.25) is 10.9 Å². The molecular weight excluding hydrogens is 511 g/mol. The largest absolute Gasteiger partial charge is 0.377 e. The van der Waals surface area contributed by atoms with Gasteiger partial charge in [0.15, 0.2) is 4.96 Å². The van der Waals surface area contributed by atoms with Crippen molar-refractivity contribution < 1.29 is 13.9 Å². The third-order valence-corrected chi connectivity index (χ3v) is 7.55.